The Morgan fingerprint density at radius 2 is 2.29 bits per heavy atom. The van der Waals surface area contributed by atoms with Gasteiger partial charge in [0.2, 0.25) is 0 Å². The number of rotatable bonds is 4. The molecule has 0 spiro atoms. The summed E-state index contributed by atoms with van der Waals surface area (Å²) in [5, 5.41) is 3.49. The van der Waals surface area contributed by atoms with E-state index in [4.69, 9.17) is 4.74 Å². The van der Waals surface area contributed by atoms with Crippen molar-refractivity contribution in [1.82, 2.24) is 4.98 Å². The number of pyridine rings is 1. The van der Waals surface area contributed by atoms with Gasteiger partial charge in [0.25, 0.3) is 0 Å². The zero-order valence-corrected chi connectivity index (χ0v) is 10.8. The first-order valence-corrected chi connectivity index (χ1v) is 6.14. The molecule has 1 aliphatic heterocycles. The molecule has 0 bridgehead atoms. The normalized spacial score (nSPS) is 21.2. The summed E-state index contributed by atoms with van der Waals surface area (Å²) in [5.74, 6) is 1.59. The van der Waals surface area contributed by atoms with Gasteiger partial charge in [-0.1, -0.05) is 0 Å². The molecule has 1 N–H and O–H groups in total. The lowest BCUT2D eigenvalue weighted by atomic mass is 10.0. The second kappa shape index (κ2) is 5.36. The van der Waals surface area contributed by atoms with Gasteiger partial charge in [0.1, 0.15) is 5.82 Å². The maximum absolute atomic E-state index is 5.40. The van der Waals surface area contributed by atoms with Crippen LogP contribution < -0.4 is 10.2 Å². The number of hydrogen-bond donors (Lipinski definition) is 1. The fraction of sp³-hybridized carbons (Fsp3) is 0.615. The molecule has 4 heteroatoms. The van der Waals surface area contributed by atoms with Crippen molar-refractivity contribution in [2.75, 3.05) is 37.5 Å². The molecule has 1 fully saturated rings. The average Bonchev–Trinajstić information content (AvgIpc) is 2.83. The fourth-order valence-corrected chi connectivity index (χ4v) is 2.06. The van der Waals surface area contributed by atoms with E-state index < -0.39 is 0 Å². The van der Waals surface area contributed by atoms with Crippen molar-refractivity contribution in [2.45, 2.75) is 19.4 Å². The van der Waals surface area contributed by atoms with Gasteiger partial charge in [-0.3, -0.25) is 0 Å². The SMILES string of the molecule is CC(Nc1ccc(N(C)C)nc1)C1CCOC1. The number of ether oxygens (including phenoxy) is 1. The summed E-state index contributed by atoms with van der Waals surface area (Å²) >= 11 is 0. The third-order valence-corrected chi connectivity index (χ3v) is 3.27. The maximum Gasteiger partial charge on any atom is 0.128 e. The lowest BCUT2D eigenvalue weighted by Gasteiger charge is -2.20. The Kier molecular flexibility index (Phi) is 3.84. The molecule has 0 aromatic carbocycles. The van der Waals surface area contributed by atoms with Crippen molar-refractivity contribution in [3.05, 3.63) is 18.3 Å². The molecule has 1 aromatic heterocycles. The van der Waals surface area contributed by atoms with Gasteiger partial charge in [0, 0.05) is 32.7 Å². The third kappa shape index (κ3) is 3.09. The van der Waals surface area contributed by atoms with Crippen molar-refractivity contribution in [2.24, 2.45) is 5.92 Å². The van der Waals surface area contributed by atoms with E-state index in [1.165, 1.54) is 0 Å². The van der Waals surface area contributed by atoms with Gasteiger partial charge in [-0.25, -0.2) is 4.98 Å². The highest BCUT2D eigenvalue weighted by Crippen LogP contribution is 2.20. The summed E-state index contributed by atoms with van der Waals surface area (Å²) in [6, 6.07) is 4.54. The lowest BCUT2D eigenvalue weighted by Crippen LogP contribution is -2.26. The predicted molar refractivity (Wildman–Crippen MR) is 70.6 cm³/mol. The van der Waals surface area contributed by atoms with Crippen LogP contribution in [0.5, 0.6) is 0 Å². The number of anilines is 2. The number of hydrogen-bond acceptors (Lipinski definition) is 4. The van der Waals surface area contributed by atoms with Crippen LogP contribution in [-0.2, 0) is 4.74 Å². The van der Waals surface area contributed by atoms with Crippen molar-refractivity contribution in [3.8, 4) is 0 Å². The van der Waals surface area contributed by atoms with Crippen LogP contribution in [-0.4, -0.2) is 38.3 Å². The highest BCUT2D eigenvalue weighted by molar-refractivity contribution is 5.48. The monoisotopic (exact) mass is 235 g/mol. The van der Waals surface area contributed by atoms with E-state index in [0.717, 1.165) is 31.1 Å². The van der Waals surface area contributed by atoms with Gasteiger partial charge in [0.05, 0.1) is 18.5 Å². The number of aromatic nitrogens is 1. The van der Waals surface area contributed by atoms with Gasteiger partial charge >= 0.3 is 0 Å². The standard InChI is InChI=1S/C13H21N3O/c1-10(11-6-7-17-9-11)15-12-4-5-13(14-8-12)16(2)3/h4-5,8,10-11,15H,6-7,9H2,1-3H3. The summed E-state index contributed by atoms with van der Waals surface area (Å²) < 4.78 is 5.40. The Labute approximate surface area is 103 Å². The maximum atomic E-state index is 5.40. The zero-order valence-electron chi connectivity index (χ0n) is 10.8. The summed E-state index contributed by atoms with van der Waals surface area (Å²) in [6.07, 6.45) is 3.04. The Morgan fingerprint density at radius 1 is 1.47 bits per heavy atom. The first-order valence-electron chi connectivity index (χ1n) is 6.14. The molecular weight excluding hydrogens is 214 g/mol. The summed E-state index contributed by atoms with van der Waals surface area (Å²) in [4.78, 5) is 6.39. The average molecular weight is 235 g/mol. The molecule has 2 atom stereocenters. The number of nitrogens with one attached hydrogen (secondary N) is 1. The minimum Gasteiger partial charge on any atom is -0.381 e. The fourth-order valence-electron chi connectivity index (χ4n) is 2.06. The molecule has 0 aliphatic carbocycles. The predicted octanol–water partition coefficient (Wildman–Crippen LogP) is 1.98. The molecule has 2 heterocycles. The van der Waals surface area contributed by atoms with E-state index in [-0.39, 0.29) is 0 Å². The van der Waals surface area contributed by atoms with E-state index in [9.17, 15) is 0 Å². The molecule has 17 heavy (non-hydrogen) atoms. The summed E-state index contributed by atoms with van der Waals surface area (Å²) in [6.45, 7) is 3.98. The zero-order chi connectivity index (χ0) is 12.3. The molecule has 0 amide bonds. The largest absolute Gasteiger partial charge is 0.381 e. The lowest BCUT2D eigenvalue weighted by molar-refractivity contribution is 0.183. The highest BCUT2D eigenvalue weighted by Gasteiger charge is 2.22. The Bertz CT molecular complexity index is 344. The van der Waals surface area contributed by atoms with Crippen molar-refractivity contribution < 1.29 is 4.74 Å². The molecule has 2 unspecified atom stereocenters. The van der Waals surface area contributed by atoms with Crippen LogP contribution in [0.4, 0.5) is 11.5 Å². The van der Waals surface area contributed by atoms with E-state index >= 15 is 0 Å². The Balaban J connectivity index is 1.93. The summed E-state index contributed by atoms with van der Waals surface area (Å²) in [5.41, 5.74) is 1.08. The topological polar surface area (TPSA) is 37.4 Å². The number of nitrogens with zero attached hydrogens (tertiary/aromatic N) is 2. The molecule has 2 rings (SSSR count). The first kappa shape index (κ1) is 12.2. The van der Waals surface area contributed by atoms with Crippen LogP contribution >= 0.6 is 0 Å². The highest BCUT2D eigenvalue weighted by atomic mass is 16.5. The molecular formula is C13H21N3O. The quantitative estimate of drug-likeness (QED) is 0.866. The van der Waals surface area contributed by atoms with Gasteiger partial charge in [-0.05, 0) is 25.5 Å². The molecule has 1 saturated heterocycles. The minimum atomic E-state index is 0.435. The van der Waals surface area contributed by atoms with Crippen LogP contribution in [0.25, 0.3) is 0 Å². The van der Waals surface area contributed by atoms with Gasteiger partial charge in [0.15, 0.2) is 0 Å². The second-order valence-electron chi connectivity index (χ2n) is 4.86. The van der Waals surface area contributed by atoms with E-state index in [2.05, 4.69) is 23.3 Å². The smallest absolute Gasteiger partial charge is 0.128 e. The molecule has 4 nitrogen and oxygen atoms in total. The molecule has 0 saturated carbocycles. The van der Waals surface area contributed by atoms with Crippen molar-refractivity contribution >= 4 is 11.5 Å². The van der Waals surface area contributed by atoms with E-state index in [0.29, 0.717) is 12.0 Å². The van der Waals surface area contributed by atoms with E-state index in [1.807, 2.05) is 31.3 Å². The van der Waals surface area contributed by atoms with Crippen LogP contribution in [0.15, 0.2) is 18.3 Å². The van der Waals surface area contributed by atoms with Crippen LogP contribution in [0, 0.1) is 5.92 Å². The third-order valence-electron chi connectivity index (χ3n) is 3.27. The van der Waals surface area contributed by atoms with Gasteiger partial charge in [-0.15, -0.1) is 0 Å². The Hall–Kier alpha value is -1.29. The first-order chi connectivity index (χ1) is 8.16. The van der Waals surface area contributed by atoms with E-state index in [1.54, 1.807) is 0 Å². The van der Waals surface area contributed by atoms with Crippen LogP contribution in [0.2, 0.25) is 0 Å². The molecule has 1 aliphatic rings. The van der Waals surface area contributed by atoms with Gasteiger partial charge < -0.3 is 15.0 Å². The second-order valence-corrected chi connectivity index (χ2v) is 4.86. The summed E-state index contributed by atoms with van der Waals surface area (Å²) in [7, 11) is 3.99. The Morgan fingerprint density at radius 3 is 2.82 bits per heavy atom. The van der Waals surface area contributed by atoms with Crippen LogP contribution in [0.1, 0.15) is 13.3 Å². The molecule has 0 radical (unpaired) electrons. The minimum absolute atomic E-state index is 0.435. The van der Waals surface area contributed by atoms with Crippen molar-refractivity contribution in [3.63, 3.8) is 0 Å². The van der Waals surface area contributed by atoms with Crippen molar-refractivity contribution in [1.29, 1.82) is 0 Å². The molecule has 1 aromatic rings. The van der Waals surface area contributed by atoms with Gasteiger partial charge in [-0.2, -0.15) is 0 Å². The van der Waals surface area contributed by atoms with Crippen LogP contribution in [0.3, 0.4) is 0 Å². The molecule has 94 valence electrons.